The highest BCUT2D eigenvalue weighted by atomic mass is 16.5. The lowest BCUT2D eigenvalue weighted by molar-refractivity contribution is -0.146. The number of carbonyl (C=O) groups is 1. The fraction of sp³-hybridized carbons (Fsp3) is 0.933. The molecule has 4 heteroatoms. The maximum atomic E-state index is 11.6. The summed E-state index contributed by atoms with van der Waals surface area (Å²) in [6.45, 7) is 7.46. The summed E-state index contributed by atoms with van der Waals surface area (Å²) in [5.74, 6) is 1.32. The summed E-state index contributed by atoms with van der Waals surface area (Å²) in [7, 11) is 1.78. The Labute approximate surface area is 117 Å². The Hall–Kier alpha value is -0.610. The minimum absolute atomic E-state index is 0.181. The molecular formula is C15H29NO3. The molecule has 0 radical (unpaired) electrons. The molecule has 4 nitrogen and oxygen atoms in total. The Kier molecular flexibility index (Phi) is 7.39. The lowest BCUT2D eigenvalue weighted by atomic mass is 9.82. The Bertz CT molecular complexity index is 260. The largest absolute Gasteiger partial charge is 0.465 e. The van der Waals surface area contributed by atoms with Crippen molar-refractivity contribution in [3.05, 3.63) is 0 Å². The molecule has 0 aromatic heterocycles. The first-order valence-electron chi connectivity index (χ1n) is 7.52. The van der Waals surface area contributed by atoms with Gasteiger partial charge in [-0.05, 0) is 51.5 Å². The van der Waals surface area contributed by atoms with Crippen LogP contribution in [0.15, 0.2) is 0 Å². The number of esters is 1. The molecule has 1 aliphatic rings. The highest BCUT2D eigenvalue weighted by Gasteiger charge is 2.25. The molecule has 0 spiro atoms. The van der Waals surface area contributed by atoms with Gasteiger partial charge in [-0.2, -0.15) is 0 Å². The Balaban J connectivity index is 2.26. The van der Waals surface area contributed by atoms with Gasteiger partial charge in [-0.3, -0.25) is 4.79 Å². The van der Waals surface area contributed by atoms with Crippen LogP contribution in [-0.2, 0) is 14.3 Å². The topological polar surface area (TPSA) is 47.6 Å². The summed E-state index contributed by atoms with van der Waals surface area (Å²) >= 11 is 0. The monoisotopic (exact) mass is 271 g/mol. The Morgan fingerprint density at radius 1 is 1.26 bits per heavy atom. The molecule has 0 aromatic carbocycles. The quantitative estimate of drug-likeness (QED) is 0.722. The first-order chi connectivity index (χ1) is 9.06. The van der Waals surface area contributed by atoms with E-state index in [-0.39, 0.29) is 12.0 Å². The van der Waals surface area contributed by atoms with E-state index in [0.717, 1.165) is 24.7 Å². The van der Waals surface area contributed by atoms with E-state index in [0.29, 0.717) is 25.7 Å². The predicted octanol–water partition coefficient (Wildman–Crippen LogP) is 2.37. The normalized spacial score (nSPS) is 28.9. The van der Waals surface area contributed by atoms with E-state index in [9.17, 15) is 4.79 Å². The fourth-order valence-electron chi connectivity index (χ4n) is 2.98. The van der Waals surface area contributed by atoms with Crippen molar-refractivity contribution in [3.8, 4) is 0 Å². The van der Waals surface area contributed by atoms with Gasteiger partial charge in [-0.25, -0.2) is 0 Å². The molecule has 112 valence electrons. The molecule has 3 unspecified atom stereocenters. The number of rotatable bonds is 7. The average Bonchev–Trinajstić information content (AvgIpc) is 2.33. The van der Waals surface area contributed by atoms with Crippen LogP contribution in [0.3, 0.4) is 0 Å². The van der Waals surface area contributed by atoms with Crippen molar-refractivity contribution in [2.24, 2.45) is 11.8 Å². The van der Waals surface area contributed by atoms with Crippen molar-refractivity contribution in [3.63, 3.8) is 0 Å². The zero-order valence-electron chi connectivity index (χ0n) is 12.8. The maximum Gasteiger partial charge on any atom is 0.323 e. The van der Waals surface area contributed by atoms with Crippen molar-refractivity contribution >= 4 is 5.97 Å². The van der Waals surface area contributed by atoms with E-state index in [4.69, 9.17) is 9.47 Å². The van der Waals surface area contributed by atoms with Crippen LogP contribution >= 0.6 is 0 Å². The lowest BCUT2D eigenvalue weighted by Gasteiger charge is -2.31. The van der Waals surface area contributed by atoms with Gasteiger partial charge < -0.3 is 14.8 Å². The third kappa shape index (κ3) is 5.91. The molecule has 1 rings (SSSR count). The molecule has 0 amide bonds. The predicted molar refractivity (Wildman–Crippen MR) is 76.0 cm³/mol. The minimum atomic E-state index is -0.251. The molecule has 1 aliphatic carbocycles. The number of hydrogen-bond donors (Lipinski definition) is 1. The van der Waals surface area contributed by atoms with E-state index < -0.39 is 0 Å². The molecule has 3 atom stereocenters. The second-order valence-corrected chi connectivity index (χ2v) is 5.79. The van der Waals surface area contributed by atoms with Crippen molar-refractivity contribution < 1.29 is 14.3 Å². The standard InChI is InChI=1S/C15H29NO3/c1-5-18-15(17)14(16-4)6-7-19-13-9-11(2)8-12(3)10-13/h11-14,16H,5-10H2,1-4H3. The van der Waals surface area contributed by atoms with Gasteiger partial charge in [0.15, 0.2) is 0 Å². The van der Waals surface area contributed by atoms with Crippen LogP contribution in [-0.4, -0.2) is 38.4 Å². The summed E-state index contributed by atoms with van der Waals surface area (Å²) in [6, 6.07) is -0.251. The Morgan fingerprint density at radius 2 is 1.89 bits per heavy atom. The zero-order chi connectivity index (χ0) is 14.3. The first-order valence-corrected chi connectivity index (χ1v) is 7.52. The number of nitrogens with one attached hydrogen (secondary N) is 1. The van der Waals surface area contributed by atoms with Gasteiger partial charge in [-0.15, -0.1) is 0 Å². The molecule has 1 saturated carbocycles. The lowest BCUT2D eigenvalue weighted by Crippen LogP contribution is -2.37. The molecule has 1 fully saturated rings. The molecule has 1 N–H and O–H groups in total. The molecule has 19 heavy (non-hydrogen) atoms. The number of carbonyl (C=O) groups excluding carboxylic acids is 1. The third-order valence-corrected chi connectivity index (χ3v) is 3.81. The molecule has 0 saturated heterocycles. The van der Waals surface area contributed by atoms with Crippen LogP contribution in [0, 0.1) is 11.8 Å². The van der Waals surface area contributed by atoms with Gasteiger partial charge in [-0.1, -0.05) is 13.8 Å². The van der Waals surface area contributed by atoms with E-state index in [1.54, 1.807) is 7.05 Å². The van der Waals surface area contributed by atoms with Gasteiger partial charge in [0, 0.05) is 6.61 Å². The summed E-state index contributed by atoms with van der Waals surface area (Å²) < 4.78 is 11.0. The van der Waals surface area contributed by atoms with Crippen molar-refractivity contribution in [2.45, 2.75) is 58.6 Å². The number of hydrogen-bond acceptors (Lipinski definition) is 4. The molecule has 0 aliphatic heterocycles. The smallest absolute Gasteiger partial charge is 0.323 e. The van der Waals surface area contributed by atoms with Crippen LogP contribution in [0.5, 0.6) is 0 Å². The summed E-state index contributed by atoms with van der Waals surface area (Å²) in [6.07, 6.45) is 4.64. The van der Waals surface area contributed by atoms with Gasteiger partial charge in [0.2, 0.25) is 0 Å². The fourth-order valence-corrected chi connectivity index (χ4v) is 2.98. The SMILES string of the molecule is CCOC(=O)C(CCOC1CC(C)CC(C)C1)NC. The molecule has 0 heterocycles. The van der Waals surface area contributed by atoms with Crippen molar-refractivity contribution in [2.75, 3.05) is 20.3 Å². The molecule has 0 aromatic rings. The van der Waals surface area contributed by atoms with Crippen LogP contribution in [0.1, 0.15) is 46.5 Å². The maximum absolute atomic E-state index is 11.6. The van der Waals surface area contributed by atoms with Crippen LogP contribution in [0.25, 0.3) is 0 Å². The van der Waals surface area contributed by atoms with Crippen molar-refractivity contribution in [1.82, 2.24) is 5.32 Å². The van der Waals surface area contributed by atoms with Crippen molar-refractivity contribution in [1.29, 1.82) is 0 Å². The van der Waals surface area contributed by atoms with Gasteiger partial charge in [0.1, 0.15) is 6.04 Å². The highest BCUT2D eigenvalue weighted by Crippen LogP contribution is 2.30. The average molecular weight is 271 g/mol. The van der Waals surface area contributed by atoms with Crippen LogP contribution in [0.4, 0.5) is 0 Å². The Morgan fingerprint density at radius 3 is 2.42 bits per heavy atom. The third-order valence-electron chi connectivity index (χ3n) is 3.81. The summed E-state index contributed by atoms with van der Waals surface area (Å²) in [4.78, 5) is 11.6. The summed E-state index contributed by atoms with van der Waals surface area (Å²) in [5, 5.41) is 2.99. The zero-order valence-corrected chi connectivity index (χ0v) is 12.8. The highest BCUT2D eigenvalue weighted by molar-refractivity contribution is 5.75. The second-order valence-electron chi connectivity index (χ2n) is 5.79. The molecular weight excluding hydrogens is 242 g/mol. The minimum Gasteiger partial charge on any atom is -0.465 e. The number of likely N-dealkylation sites (N-methyl/N-ethyl adjacent to an activating group) is 1. The van der Waals surface area contributed by atoms with Gasteiger partial charge in [0.05, 0.1) is 12.7 Å². The molecule has 0 bridgehead atoms. The van der Waals surface area contributed by atoms with Crippen LogP contribution < -0.4 is 5.32 Å². The number of ether oxygens (including phenoxy) is 2. The first kappa shape index (κ1) is 16.4. The summed E-state index contributed by atoms with van der Waals surface area (Å²) in [5.41, 5.74) is 0. The van der Waals surface area contributed by atoms with Crippen LogP contribution in [0.2, 0.25) is 0 Å². The van der Waals surface area contributed by atoms with Gasteiger partial charge in [0.25, 0.3) is 0 Å². The van der Waals surface area contributed by atoms with E-state index in [2.05, 4.69) is 19.2 Å². The second kappa shape index (κ2) is 8.54. The van der Waals surface area contributed by atoms with E-state index >= 15 is 0 Å². The van der Waals surface area contributed by atoms with E-state index in [1.165, 1.54) is 6.42 Å². The van der Waals surface area contributed by atoms with Gasteiger partial charge >= 0.3 is 5.97 Å². The van der Waals surface area contributed by atoms with E-state index in [1.807, 2.05) is 6.92 Å².